The lowest BCUT2D eigenvalue weighted by molar-refractivity contribution is 1.32. The average molecular weight is 254 g/mol. The van der Waals surface area contributed by atoms with E-state index in [1.807, 2.05) is 30.3 Å². The first-order valence-corrected chi connectivity index (χ1v) is 5.79. The Bertz CT molecular complexity index is 751. The van der Waals surface area contributed by atoms with Gasteiger partial charge in [0.05, 0.1) is 5.56 Å². The van der Waals surface area contributed by atoms with E-state index in [4.69, 9.17) is 16.9 Å². The Morgan fingerprint density at radius 2 is 1.94 bits per heavy atom. The van der Waals surface area contributed by atoms with Gasteiger partial charge in [-0.1, -0.05) is 23.7 Å². The summed E-state index contributed by atoms with van der Waals surface area (Å²) < 4.78 is 0. The molecule has 3 aromatic rings. The van der Waals surface area contributed by atoms with Gasteiger partial charge in [-0.25, -0.2) is 4.98 Å². The molecule has 1 N–H and O–H groups in total. The highest BCUT2D eigenvalue weighted by molar-refractivity contribution is 6.30. The number of hydrogen-bond donors (Lipinski definition) is 1. The molecule has 1 aromatic carbocycles. The number of halogens is 1. The first kappa shape index (κ1) is 10.8. The minimum Gasteiger partial charge on any atom is -0.345 e. The van der Waals surface area contributed by atoms with Crippen LogP contribution < -0.4 is 0 Å². The van der Waals surface area contributed by atoms with Crippen LogP contribution in [0.2, 0.25) is 5.02 Å². The quantitative estimate of drug-likeness (QED) is 0.718. The molecule has 0 radical (unpaired) electrons. The Labute approximate surface area is 109 Å². The molecule has 0 bridgehead atoms. The molecule has 0 saturated carbocycles. The summed E-state index contributed by atoms with van der Waals surface area (Å²) in [6.45, 7) is 0. The van der Waals surface area contributed by atoms with Gasteiger partial charge in [-0.3, -0.25) is 0 Å². The van der Waals surface area contributed by atoms with Crippen LogP contribution in [0.15, 0.2) is 42.7 Å². The molecule has 18 heavy (non-hydrogen) atoms. The second kappa shape index (κ2) is 4.17. The first-order valence-electron chi connectivity index (χ1n) is 5.42. The van der Waals surface area contributed by atoms with Crippen LogP contribution in [0, 0.1) is 11.3 Å². The minimum atomic E-state index is 0.600. The molecule has 3 rings (SSSR count). The van der Waals surface area contributed by atoms with E-state index in [1.165, 1.54) is 0 Å². The molecule has 0 aliphatic rings. The summed E-state index contributed by atoms with van der Waals surface area (Å²) in [5, 5.41) is 10.7. The van der Waals surface area contributed by atoms with E-state index in [0.717, 1.165) is 22.2 Å². The van der Waals surface area contributed by atoms with E-state index >= 15 is 0 Å². The third-order valence-corrected chi connectivity index (χ3v) is 3.10. The predicted molar refractivity (Wildman–Crippen MR) is 71.3 cm³/mol. The van der Waals surface area contributed by atoms with Gasteiger partial charge < -0.3 is 4.98 Å². The molecule has 3 nitrogen and oxygen atoms in total. The summed E-state index contributed by atoms with van der Waals surface area (Å²) >= 11 is 5.88. The monoisotopic (exact) mass is 253 g/mol. The Kier molecular flexibility index (Phi) is 2.51. The van der Waals surface area contributed by atoms with Gasteiger partial charge in [-0.05, 0) is 29.3 Å². The van der Waals surface area contributed by atoms with Crippen LogP contribution in [-0.4, -0.2) is 9.97 Å². The number of H-pyrrole nitrogens is 1. The van der Waals surface area contributed by atoms with Crippen LogP contribution in [0.5, 0.6) is 0 Å². The molecule has 0 fully saturated rings. The fourth-order valence-corrected chi connectivity index (χ4v) is 2.14. The fraction of sp³-hybridized carbons (Fsp3) is 0. The van der Waals surface area contributed by atoms with Gasteiger partial charge in [-0.2, -0.15) is 5.26 Å². The molecule has 0 spiro atoms. The van der Waals surface area contributed by atoms with Crippen LogP contribution in [0.1, 0.15) is 5.56 Å². The zero-order valence-corrected chi connectivity index (χ0v) is 10.1. The molecule has 0 aliphatic carbocycles. The number of rotatable bonds is 1. The van der Waals surface area contributed by atoms with Crippen molar-refractivity contribution < 1.29 is 0 Å². The Morgan fingerprint density at radius 3 is 2.67 bits per heavy atom. The van der Waals surface area contributed by atoms with Crippen LogP contribution in [0.4, 0.5) is 0 Å². The number of nitrogens with one attached hydrogen (secondary N) is 1. The molecule has 0 atom stereocenters. The zero-order valence-electron chi connectivity index (χ0n) is 9.31. The number of nitrogens with zero attached hydrogens (tertiary/aromatic N) is 2. The summed E-state index contributed by atoms with van der Waals surface area (Å²) in [6, 6.07) is 11.6. The largest absolute Gasteiger partial charge is 0.345 e. The highest BCUT2D eigenvalue weighted by Gasteiger charge is 2.10. The Balaban J connectivity index is 2.32. The van der Waals surface area contributed by atoms with Crippen molar-refractivity contribution in [2.45, 2.75) is 0 Å². The predicted octanol–water partition coefficient (Wildman–Crippen LogP) is 3.75. The van der Waals surface area contributed by atoms with Crippen LogP contribution in [0.3, 0.4) is 0 Å². The number of benzene rings is 1. The minimum absolute atomic E-state index is 0.600. The fourth-order valence-electron chi connectivity index (χ4n) is 2.01. The molecule has 0 amide bonds. The topological polar surface area (TPSA) is 52.5 Å². The molecule has 0 aliphatic heterocycles. The highest BCUT2D eigenvalue weighted by atomic mass is 35.5. The number of aromatic amines is 1. The third kappa shape index (κ3) is 1.64. The number of pyridine rings is 1. The molecule has 2 aromatic heterocycles. The van der Waals surface area contributed by atoms with Crippen molar-refractivity contribution in [3.8, 4) is 17.2 Å². The summed E-state index contributed by atoms with van der Waals surface area (Å²) in [7, 11) is 0. The smallest absolute Gasteiger partial charge is 0.139 e. The van der Waals surface area contributed by atoms with Gasteiger partial charge in [0.25, 0.3) is 0 Å². The van der Waals surface area contributed by atoms with Crippen molar-refractivity contribution in [3.63, 3.8) is 0 Å². The van der Waals surface area contributed by atoms with Crippen molar-refractivity contribution in [1.29, 1.82) is 5.26 Å². The Hall–Kier alpha value is -2.31. The molecular formula is C14H8ClN3. The van der Waals surface area contributed by atoms with Gasteiger partial charge in [0.2, 0.25) is 0 Å². The number of aromatic nitrogens is 2. The average Bonchev–Trinajstić information content (AvgIpc) is 2.82. The first-order chi connectivity index (χ1) is 8.79. The van der Waals surface area contributed by atoms with Crippen molar-refractivity contribution in [2.24, 2.45) is 0 Å². The lowest BCUT2D eigenvalue weighted by atomic mass is 10.0. The lowest BCUT2D eigenvalue weighted by Crippen LogP contribution is -1.83. The van der Waals surface area contributed by atoms with Gasteiger partial charge >= 0.3 is 0 Å². The van der Waals surface area contributed by atoms with Gasteiger partial charge in [-0.15, -0.1) is 0 Å². The molecular weight excluding hydrogens is 246 g/mol. The highest BCUT2D eigenvalue weighted by Crippen LogP contribution is 2.30. The zero-order chi connectivity index (χ0) is 12.5. The molecule has 0 unspecified atom stereocenters. The van der Waals surface area contributed by atoms with E-state index in [9.17, 15) is 0 Å². The normalized spacial score (nSPS) is 10.4. The number of fused-ring (bicyclic) bond motifs is 1. The van der Waals surface area contributed by atoms with Gasteiger partial charge in [0.15, 0.2) is 0 Å². The molecule has 4 heteroatoms. The van der Waals surface area contributed by atoms with E-state index in [2.05, 4.69) is 16.0 Å². The summed E-state index contributed by atoms with van der Waals surface area (Å²) in [5.74, 6) is 0. The summed E-state index contributed by atoms with van der Waals surface area (Å²) in [6.07, 6.45) is 3.40. The SMILES string of the molecule is N#Cc1c[nH]c2nccc(-c3ccc(Cl)cc3)c12. The van der Waals surface area contributed by atoms with E-state index < -0.39 is 0 Å². The Morgan fingerprint density at radius 1 is 1.17 bits per heavy atom. The van der Waals surface area contributed by atoms with E-state index in [1.54, 1.807) is 12.4 Å². The summed E-state index contributed by atoms with van der Waals surface area (Å²) in [4.78, 5) is 7.22. The third-order valence-electron chi connectivity index (χ3n) is 2.85. The second-order valence-corrected chi connectivity index (χ2v) is 4.34. The maximum atomic E-state index is 9.12. The maximum absolute atomic E-state index is 9.12. The summed E-state index contributed by atoms with van der Waals surface area (Å²) in [5.41, 5.74) is 3.32. The van der Waals surface area contributed by atoms with Crippen LogP contribution >= 0.6 is 11.6 Å². The molecule has 0 saturated heterocycles. The molecule has 2 heterocycles. The standard InChI is InChI=1S/C14H8ClN3/c15-11-3-1-9(2-4-11)12-5-6-17-14-13(12)10(7-16)8-18-14/h1-6,8H,(H,17,18). The van der Waals surface area contributed by atoms with Crippen molar-refractivity contribution in [1.82, 2.24) is 9.97 Å². The van der Waals surface area contributed by atoms with E-state index in [-0.39, 0.29) is 0 Å². The van der Waals surface area contributed by atoms with Crippen molar-refractivity contribution in [2.75, 3.05) is 0 Å². The van der Waals surface area contributed by atoms with Crippen LogP contribution in [-0.2, 0) is 0 Å². The maximum Gasteiger partial charge on any atom is 0.139 e. The van der Waals surface area contributed by atoms with Crippen LogP contribution in [0.25, 0.3) is 22.2 Å². The van der Waals surface area contributed by atoms with E-state index in [0.29, 0.717) is 10.6 Å². The number of hydrogen-bond acceptors (Lipinski definition) is 2. The van der Waals surface area contributed by atoms with Gasteiger partial charge in [0.1, 0.15) is 11.7 Å². The second-order valence-electron chi connectivity index (χ2n) is 3.90. The molecule has 86 valence electrons. The number of nitriles is 1. The lowest BCUT2D eigenvalue weighted by Gasteiger charge is -2.03. The van der Waals surface area contributed by atoms with Gasteiger partial charge in [0, 0.05) is 22.8 Å². The van der Waals surface area contributed by atoms with Crippen molar-refractivity contribution in [3.05, 3.63) is 53.3 Å². The van der Waals surface area contributed by atoms with Crippen molar-refractivity contribution >= 4 is 22.6 Å².